The van der Waals surface area contributed by atoms with Crippen LogP contribution in [0.2, 0.25) is 0 Å². The molecule has 0 aromatic heterocycles. The Morgan fingerprint density at radius 1 is 1.33 bits per heavy atom. The molecule has 0 spiro atoms. The number of hydrogen-bond donors (Lipinski definition) is 1. The van der Waals surface area contributed by atoms with Crippen molar-refractivity contribution < 1.29 is 9.53 Å². The van der Waals surface area contributed by atoms with E-state index in [-0.39, 0.29) is 12.1 Å². The summed E-state index contributed by atoms with van der Waals surface area (Å²) < 4.78 is 5.39. The average Bonchev–Trinajstić information content (AvgIpc) is 2.17. The molecular weight excluding hydrogens is 192 g/mol. The van der Waals surface area contributed by atoms with Crippen molar-refractivity contribution in [3.63, 3.8) is 0 Å². The molecule has 4 nitrogen and oxygen atoms in total. The molecule has 1 fully saturated rings. The Balaban J connectivity index is 2.20. The van der Waals surface area contributed by atoms with E-state index in [9.17, 15) is 4.79 Å². The maximum atomic E-state index is 11.4. The molecule has 1 rings (SSSR count). The summed E-state index contributed by atoms with van der Waals surface area (Å²) in [6.07, 6.45) is 4.34. The summed E-state index contributed by atoms with van der Waals surface area (Å²) in [5.41, 5.74) is 0. The van der Waals surface area contributed by atoms with Gasteiger partial charge in [-0.15, -0.1) is 0 Å². The zero-order valence-corrected chi connectivity index (χ0v) is 9.95. The Labute approximate surface area is 92.0 Å². The van der Waals surface area contributed by atoms with Gasteiger partial charge in [0.05, 0.1) is 6.54 Å². The van der Waals surface area contributed by atoms with Crippen LogP contribution >= 0.6 is 0 Å². The van der Waals surface area contributed by atoms with E-state index in [2.05, 4.69) is 5.32 Å². The van der Waals surface area contributed by atoms with Crippen LogP contribution in [0, 0.1) is 0 Å². The predicted octanol–water partition coefficient (Wildman–Crippen LogP) is 0.622. The van der Waals surface area contributed by atoms with Gasteiger partial charge in [-0.1, -0.05) is 0 Å². The molecule has 0 saturated heterocycles. The van der Waals surface area contributed by atoms with E-state index in [4.69, 9.17) is 4.74 Å². The third kappa shape index (κ3) is 4.62. The van der Waals surface area contributed by atoms with Gasteiger partial charge in [-0.25, -0.2) is 0 Å². The van der Waals surface area contributed by atoms with E-state index in [1.54, 1.807) is 0 Å². The highest BCUT2D eigenvalue weighted by Crippen LogP contribution is 2.20. The summed E-state index contributed by atoms with van der Waals surface area (Å²) >= 11 is 0. The number of nitrogens with zero attached hydrogens (tertiary/aromatic N) is 1. The molecule has 1 aliphatic rings. The van der Waals surface area contributed by atoms with E-state index < -0.39 is 0 Å². The van der Waals surface area contributed by atoms with Gasteiger partial charge in [0.1, 0.15) is 6.10 Å². The third-order valence-corrected chi connectivity index (χ3v) is 2.83. The predicted molar refractivity (Wildman–Crippen MR) is 59.7 cm³/mol. The maximum Gasteiger partial charge on any atom is 0.320 e. The Morgan fingerprint density at radius 3 is 2.40 bits per heavy atom. The Morgan fingerprint density at radius 2 is 1.93 bits per heavy atom. The first-order valence-corrected chi connectivity index (χ1v) is 5.63. The van der Waals surface area contributed by atoms with Gasteiger partial charge < -0.3 is 10.1 Å². The van der Waals surface area contributed by atoms with Gasteiger partial charge in [-0.3, -0.25) is 9.69 Å². The molecule has 1 N–H and O–H groups in total. The molecule has 0 aliphatic heterocycles. The number of esters is 1. The van der Waals surface area contributed by atoms with Crippen molar-refractivity contribution in [3.8, 4) is 0 Å². The molecular formula is C11H22N2O2. The fraction of sp³-hybridized carbons (Fsp3) is 0.909. The number of likely N-dealkylation sites (N-methyl/N-ethyl adjacent to an activating group) is 1. The summed E-state index contributed by atoms with van der Waals surface area (Å²) in [4.78, 5) is 13.2. The smallest absolute Gasteiger partial charge is 0.320 e. The van der Waals surface area contributed by atoms with Gasteiger partial charge in [0.25, 0.3) is 0 Å². The number of carbonyl (C=O) groups is 1. The monoisotopic (exact) mass is 214 g/mol. The fourth-order valence-corrected chi connectivity index (χ4v) is 1.95. The van der Waals surface area contributed by atoms with E-state index in [1.165, 1.54) is 0 Å². The molecule has 0 amide bonds. The second-order valence-electron chi connectivity index (χ2n) is 4.49. The van der Waals surface area contributed by atoms with Crippen molar-refractivity contribution in [2.75, 3.05) is 27.7 Å². The number of rotatable bonds is 4. The topological polar surface area (TPSA) is 41.6 Å². The normalized spacial score (nSPS) is 26.7. The molecule has 0 heterocycles. The van der Waals surface area contributed by atoms with Crippen molar-refractivity contribution in [1.82, 2.24) is 10.2 Å². The van der Waals surface area contributed by atoms with Gasteiger partial charge in [-0.05, 0) is 46.8 Å². The molecule has 1 saturated carbocycles. The number of ether oxygens (including phenoxy) is 1. The van der Waals surface area contributed by atoms with Crippen LogP contribution in [0.1, 0.15) is 25.7 Å². The first-order valence-electron chi connectivity index (χ1n) is 5.63. The zero-order chi connectivity index (χ0) is 11.3. The highest BCUT2D eigenvalue weighted by Gasteiger charge is 2.22. The Hall–Kier alpha value is -0.610. The molecule has 4 heteroatoms. The molecule has 0 unspecified atom stereocenters. The second-order valence-corrected chi connectivity index (χ2v) is 4.49. The van der Waals surface area contributed by atoms with E-state index in [1.807, 2.05) is 26.0 Å². The minimum Gasteiger partial charge on any atom is -0.461 e. The lowest BCUT2D eigenvalue weighted by Gasteiger charge is -2.28. The van der Waals surface area contributed by atoms with Crippen LogP contribution in [0.15, 0.2) is 0 Å². The fourth-order valence-electron chi connectivity index (χ4n) is 1.95. The van der Waals surface area contributed by atoms with Crippen LogP contribution in [0.25, 0.3) is 0 Å². The first kappa shape index (κ1) is 12.5. The van der Waals surface area contributed by atoms with Crippen LogP contribution in [0.5, 0.6) is 0 Å². The minimum absolute atomic E-state index is 0.104. The SMILES string of the molecule is CN[C@H]1CC[C@H](OC(=O)CN(C)C)CC1. The largest absolute Gasteiger partial charge is 0.461 e. The van der Waals surface area contributed by atoms with Crippen molar-refractivity contribution in [2.45, 2.75) is 37.8 Å². The summed E-state index contributed by atoms with van der Waals surface area (Å²) in [6, 6.07) is 0.605. The van der Waals surface area contributed by atoms with Crippen LogP contribution in [0.4, 0.5) is 0 Å². The number of carbonyl (C=O) groups excluding carboxylic acids is 1. The zero-order valence-electron chi connectivity index (χ0n) is 9.95. The van der Waals surface area contributed by atoms with Crippen molar-refractivity contribution in [2.24, 2.45) is 0 Å². The summed E-state index contributed by atoms with van der Waals surface area (Å²) in [6.45, 7) is 0.381. The molecule has 0 atom stereocenters. The molecule has 0 aromatic carbocycles. The van der Waals surface area contributed by atoms with Gasteiger partial charge >= 0.3 is 5.97 Å². The summed E-state index contributed by atoms with van der Waals surface area (Å²) in [7, 11) is 5.74. The van der Waals surface area contributed by atoms with Crippen LogP contribution < -0.4 is 5.32 Å². The van der Waals surface area contributed by atoms with Gasteiger partial charge in [0.2, 0.25) is 0 Å². The first-order chi connectivity index (χ1) is 7.11. The second kappa shape index (κ2) is 6.08. The molecule has 15 heavy (non-hydrogen) atoms. The maximum absolute atomic E-state index is 11.4. The number of nitrogens with one attached hydrogen (secondary N) is 1. The van der Waals surface area contributed by atoms with Gasteiger partial charge in [0, 0.05) is 6.04 Å². The summed E-state index contributed by atoms with van der Waals surface area (Å²) in [5.74, 6) is -0.104. The van der Waals surface area contributed by atoms with Crippen LogP contribution in [-0.4, -0.2) is 50.7 Å². The standard InChI is InChI=1S/C11H22N2O2/c1-12-9-4-6-10(7-5-9)15-11(14)8-13(2)3/h9-10,12H,4-8H2,1-3H3/t9-,10-. The molecule has 88 valence electrons. The van der Waals surface area contributed by atoms with Crippen molar-refractivity contribution >= 4 is 5.97 Å². The van der Waals surface area contributed by atoms with Gasteiger partial charge in [0.15, 0.2) is 0 Å². The lowest BCUT2D eigenvalue weighted by molar-refractivity contribution is -0.151. The summed E-state index contributed by atoms with van der Waals surface area (Å²) in [5, 5.41) is 3.26. The van der Waals surface area contributed by atoms with Gasteiger partial charge in [-0.2, -0.15) is 0 Å². The van der Waals surface area contributed by atoms with Crippen molar-refractivity contribution in [3.05, 3.63) is 0 Å². The lowest BCUT2D eigenvalue weighted by atomic mass is 9.93. The van der Waals surface area contributed by atoms with E-state index >= 15 is 0 Å². The van der Waals surface area contributed by atoms with Crippen molar-refractivity contribution in [1.29, 1.82) is 0 Å². The highest BCUT2D eigenvalue weighted by molar-refractivity contribution is 5.71. The van der Waals surface area contributed by atoms with Crippen LogP contribution in [0.3, 0.4) is 0 Å². The lowest BCUT2D eigenvalue weighted by Crippen LogP contribution is -2.35. The minimum atomic E-state index is -0.104. The highest BCUT2D eigenvalue weighted by atomic mass is 16.5. The number of hydrogen-bond acceptors (Lipinski definition) is 4. The third-order valence-electron chi connectivity index (χ3n) is 2.83. The molecule has 0 bridgehead atoms. The van der Waals surface area contributed by atoms with Crippen LogP contribution in [-0.2, 0) is 9.53 Å². The Bertz CT molecular complexity index is 199. The quantitative estimate of drug-likeness (QED) is 0.697. The Kier molecular flexibility index (Phi) is 5.05. The van der Waals surface area contributed by atoms with E-state index in [0.717, 1.165) is 25.7 Å². The van der Waals surface area contributed by atoms with E-state index in [0.29, 0.717) is 12.6 Å². The molecule has 0 radical (unpaired) electrons. The molecule has 1 aliphatic carbocycles. The average molecular weight is 214 g/mol. The molecule has 0 aromatic rings.